The van der Waals surface area contributed by atoms with E-state index in [-0.39, 0.29) is 25.4 Å². The maximum atomic E-state index is 12.7. The van der Waals surface area contributed by atoms with Gasteiger partial charge in [0.1, 0.15) is 0 Å². The Morgan fingerprint density at radius 3 is 2.31 bits per heavy atom. The van der Waals surface area contributed by atoms with Crippen LogP contribution in [0.5, 0.6) is 0 Å². The SMILES string of the molecule is O=S(=O)(Cc1ccccc1)N1CCO[C@@H](c2ccc(C(F)(F)F)cc2)C1. The van der Waals surface area contributed by atoms with Crippen molar-refractivity contribution >= 4 is 10.0 Å². The van der Waals surface area contributed by atoms with Gasteiger partial charge in [0.2, 0.25) is 10.0 Å². The van der Waals surface area contributed by atoms with Gasteiger partial charge in [0.05, 0.1) is 24.0 Å². The first kappa shape index (κ1) is 18.9. The van der Waals surface area contributed by atoms with Gasteiger partial charge in [-0.1, -0.05) is 42.5 Å². The predicted molar refractivity (Wildman–Crippen MR) is 90.8 cm³/mol. The third-order valence-corrected chi connectivity index (χ3v) is 6.04. The highest BCUT2D eigenvalue weighted by Gasteiger charge is 2.32. The van der Waals surface area contributed by atoms with Crippen LogP contribution in [0.15, 0.2) is 54.6 Å². The van der Waals surface area contributed by atoms with Crippen LogP contribution >= 0.6 is 0 Å². The molecule has 1 aliphatic heterocycles. The first-order valence-electron chi connectivity index (χ1n) is 8.06. The molecule has 2 aromatic carbocycles. The second-order valence-corrected chi connectivity index (χ2v) is 8.05. The molecule has 0 amide bonds. The van der Waals surface area contributed by atoms with Gasteiger partial charge in [0.15, 0.2) is 0 Å². The summed E-state index contributed by atoms with van der Waals surface area (Å²) in [6, 6.07) is 13.5. The quantitative estimate of drug-likeness (QED) is 0.808. The van der Waals surface area contributed by atoms with Gasteiger partial charge in [-0.15, -0.1) is 0 Å². The molecule has 1 atom stereocenters. The van der Waals surface area contributed by atoms with Crippen molar-refractivity contribution in [3.05, 3.63) is 71.3 Å². The van der Waals surface area contributed by atoms with Gasteiger partial charge in [-0.25, -0.2) is 8.42 Å². The zero-order valence-electron chi connectivity index (χ0n) is 13.8. The summed E-state index contributed by atoms with van der Waals surface area (Å²) < 4.78 is 70.2. The number of morpholine rings is 1. The summed E-state index contributed by atoms with van der Waals surface area (Å²) in [5.41, 5.74) is 0.466. The molecule has 8 heteroatoms. The predicted octanol–water partition coefficient (Wildman–Crippen LogP) is 3.61. The lowest BCUT2D eigenvalue weighted by atomic mass is 10.1. The fraction of sp³-hybridized carbons (Fsp3) is 0.333. The van der Waals surface area contributed by atoms with E-state index in [9.17, 15) is 21.6 Å². The van der Waals surface area contributed by atoms with Crippen molar-refractivity contribution in [1.82, 2.24) is 4.31 Å². The first-order valence-corrected chi connectivity index (χ1v) is 9.67. The second-order valence-electron chi connectivity index (χ2n) is 6.08. The number of ether oxygens (including phenoxy) is 1. The lowest BCUT2D eigenvalue weighted by Crippen LogP contribution is -2.42. The Bertz CT molecular complexity index is 836. The lowest BCUT2D eigenvalue weighted by molar-refractivity contribution is -0.137. The number of hydrogen-bond acceptors (Lipinski definition) is 3. The summed E-state index contributed by atoms with van der Waals surface area (Å²) >= 11 is 0. The van der Waals surface area contributed by atoms with Crippen LogP contribution in [-0.4, -0.2) is 32.4 Å². The van der Waals surface area contributed by atoms with Crippen LogP contribution in [0, 0.1) is 0 Å². The minimum atomic E-state index is -4.41. The minimum absolute atomic E-state index is 0.0839. The normalized spacial score (nSPS) is 19.4. The Morgan fingerprint density at radius 1 is 1.04 bits per heavy atom. The topological polar surface area (TPSA) is 46.6 Å². The van der Waals surface area contributed by atoms with Crippen LogP contribution in [0.4, 0.5) is 13.2 Å². The molecule has 0 aromatic heterocycles. The van der Waals surface area contributed by atoms with Crippen molar-refractivity contribution in [2.75, 3.05) is 19.7 Å². The fourth-order valence-corrected chi connectivity index (χ4v) is 4.35. The van der Waals surface area contributed by atoms with Crippen molar-refractivity contribution in [2.24, 2.45) is 0 Å². The molecule has 0 N–H and O–H groups in total. The summed E-state index contributed by atoms with van der Waals surface area (Å²) in [6.45, 7) is 0.506. The highest BCUT2D eigenvalue weighted by atomic mass is 32.2. The number of halogens is 3. The van der Waals surface area contributed by atoms with Crippen LogP contribution in [0.1, 0.15) is 22.8 Å². The number of rotatable bonds is 4. The number of hydrogen-bond donors (Lipinski definition) is 0. The molecule has 4 nitrogen and oxygen atoms in total. The average Bonchev–Trinajstić information content (AvgIpc) is 2.62. The standard InChI is InChI=1S/C18H18F3NO3S/c19-18(20,21)16-8-6-15(7-9-16)17-12-22(10-11-25-17)26(23,24)13-14-4-2-1-3-5-14/h1-9,17H,10-13H2/t17-/m1/s1. The largest absolute Gasteiger partial charge is 0.416 e. The molecule has 26 heavy (non-hydrogen) atoms. The summed E-state index contributed by atoms with van der Waals surface area (Å²) in [6.07, 6.45) is -4.99. The van der Waals surface area contributed by atoms with Gasteiger partial charge in [0.25, 0.3) is 0 Å². The third kappa shape index (κ3) is 4.44. The molecule has 140 valence electrons. The molecule has 0 spiro atoms. The molecule has 1 aliphatic rings. The Hall–Kier alpha value is -1.90. The number of sulfonamides is 1. The number of benzene rings is 2. The molecule has 0 radical (unpaired) electrons. The van der Waals surface area contributed by atoms with E-state index in [1.807, 2.05) is 6.07 Å². The van der Waals surface area contributed by atoms with Gasteiger partial charge >= 0.3 is 6.18 Å². The Balaban J connectivity index is 1.72. The van der Waals surface area contributed by atoms with Gasteiger partial charge < -0.3 is 4.74 Å². The molecule has 1 saturated heterocycles. The van der Waals surface area contributed by atoms with Crippen LogP contribution in [0.3, 0.4) is 0 Å². The van der Waals surface area contributed by atoms with Crippen LogP contribution in [-0.2, 0) is 26.7 Å². The maximum absolute atomic E-state index is 12.7. The average molecular weight is 385 g/mol. The Morgan fingerprint density at radius 2 is 1.69 bits per heavy atom. The molecule has 0 aliphatic carbocycles. The molecular formula is C18H18F3NO3S. The van der Waals surface area contributed by atoms with Gasteiger partial charge in [0, 0.05) is 13.1 Å². The summed E-state index contributed by atoms with van der Waals surface area (Å²) in [5, 5.41) is 0. The zero-order valence-corrected chi connectivity index (χ0v) is 14.6. The first-order chi connectivity index (χ1) is 12.3. The Kier molecular flexibility index (Phi) is 5.36. The minimum Gasteiger partial charge on any atom is -0.371 e. The zero-order chi connectivity index (χ0) is 18.8. The highest BCUT2D eigenvalue weighted by molar-refractivity contribution is 7.88. The molecule has 3 rings (SSSR count). The smallest absolute Gasteiger partial charge is 0.371 e. The molecular weight excluding hydrogens is 367 g/mol. The molecule has 2 aromatic rings. The van der Waals surface area contributed by atoms with E-state index < -0.39 is 27.9 Å². The van der Waals surface area contributed by atoms with Gasteiger partial charge in [-0.05, 0) is 23.3 Å². The van der Waals surface area contributed by atoms with E-state index >= 15 is 0 Å². The third-order valence-electron chi connectivity index (χ3n) is 4.22. The fourth-order valence-electron chi connectivity index (χ4n) is 2.84. The van der Waals surface area contributed by atoms with E-state index in [0.29, 0.717) is 11.1 Å². The Labute approximate surface area is 150 Å². The van der Waals surface area contributed by atoms with E-state index in [4.69, 9.17) is 4.74 Å². The van der Waals surface area contributed by atoms with E-state index in [2.05, 4.69) is 0 Å². The van der Waals surface area contributed by atoms with Crippen molar-refractivity contribution in [1.29, 1.82) is 0 Å². The van der Waals surface area contributed by atoms with Crippen LogP contribution < -0.4 is 0 Å². The summed E-state index contributed by atoms with van der Waals surface area (Å²) in [7, 11) is -3.54. The summed E-state index contributed by atoms with van der Waals surface area (Å²) in [4.78, 5) is 0. The second kappa shape index (κ2) is 7.38. The monoisotopic (exact) mass is 385 g/mol. The van der Waals surface area contributed by atoms with Crippen molar-refractivity contribution in [3.63, 3.8) is 0 Å². The molecule has 1 fully saturated rings. The lowest BCUT2D eigenvalue weighted by Gasteiger charge is -2.32. The van der Waals surface area contributed by atoms with Crippen molar-refractivity contribution in [2.45, 2.75) is 18.0 Å². The molecule has 1 heterocycles. The van der Waals surface area contributed by atoms with E-state index in [0.717, 1.165) is 12.1 Å². The van der Waals surface area contributed by atoms with E-state index in [1.165, 1.54) is 16.4 Å². The van der Waals surface area contributed by atoms with Crippen LogP contribution in [0.2, 0.25) is 0 Å². The van der Waals surface area contributed by atoms with Crippen molar-refractivity contribution < 1.29 is 26.3 Å². The van der Waals surface area contributed by atoms with Gasteiger partial charge in [-0.3, -0.25) is 0 Å². The van der Waals surface area contributed by atoms with E-state index in [1.54, 1.807) is 24.3 Å². The maximum Gasteiger partial charge on any atom is 0.416 e. The van der Waals surface area contributed by atoms with Gasteiger partial charge in [-0.2, -0.15) is 17.5 Å². The summed E-state index contributed by atoms with van der Waals surface area (Å²) in [5.74, 6) is -0.117. The molecule has 0 bridgehead atoms. The van der Waals surface area contributed by atoms with Crippen LogP contribution in [0.25, 0.3) is 0 Å². The number of alkyl halides is 3. The molecule has 0 saturated carbocycles. The van der Waals surface area contributed by atoms with Crippen molar-refractivity contribution in [3.8, 4) is 0 Å². The highest BCUT2D eigenvalue weighted by Crippen LogP contribution is 2.31. The molecule has 0 unspecified atom stereocenters. The number of nitrogens with zero attached hydrogens (tertiary/aromatic N) is 1.